The van der Waals surface area contributed by atoms with Crippen LogP contribution in [0.15, 0.2) is 0 Å². The van der Waals surface area contributed by atoms with Crippen molar-refractivity contribution in [3.8, 4) is 0 Å². The lowest BCUT2D eigenvalue weighted by Crippen LogP contribution is -2.17. The maximum atomic E-state index is 11.9. The number of carbonyl (C=O) groups excluding carboxylic acids is 1. The molecule has 0 fully saturated rings. The second-order valence-electron chi connectivity index (χ2n) is 3.05. The van der Waals surface area contributed by atoms with Gasteiger partial charge in [-0.25, -0.2) is 8.78 Å². The van der Waals surface area contributed by atoms with Gasteiger partial charge in [-0.3, -0.25) is 4.79 Å². The van der Waals surface area contributed by atoms with Crippen molar-refractivity contribution in [3.63, 3.8) is 0 Å². The van der Waals surface area contributed by atoms with E-state index < -0.39 is 18.3 Å². The van der Waals surface area contributed by atoms with Crippen LogP contribution in [0.1, 0.15) is 27.2 Å². The quantitative estimate of drug-likeness (QED) is 0.620. The molecule has 0 unspecified atom stereocenters. The van der Waals surface area contributed by atoms with E-state index in [2.05, 4.69) is 0 Å². The Hall–Kier alpha value is -0.670. The van der Waals surface area contributed by atoms with Crippen LogP contribution in [0, 0.1) is 5.92 Å². The van der Waals surface area contributed by atoms with Crippen molar-refractivity contribution in [2.75, 3.05) is 0 Å². The van der Waals surface area contributed by atoms with E-state index in [1.54, 1.807) is 13.8 Å². The molecule has 4 heteroatoms. The first kappa shape index (κ1) is 11.3. The number of hydrogen-bond acceptors (Lipinski definition) is 2. The van der Waals surface area contributed by atoms with Crippen molar-refractivity contribution in [2.45, 2.75) is 39.7 Å². The van der Waals surface area contributed by atoms with Gasteiger partial charge in [0.2, 0.25) is 6.43 Å². The van der Waals surface area contributed by atoms with Crippen molar-refractivity contribution in [2.24, 2.45) is 5.92 Å². The molecule has 0 saturated heterocycles. The van der Waals surface area contributed by atoms with Crippen molar-refractivity contribution in [3.05, 3.63) is 0 Å². The van der Waals surface area contributed by atoms with Gasteiger partial charge < -0.3 is 4.74 Å². The summed E-state index contributed by atoms with van der Waals surface area (Å²) in [7, 11) is 0. The minimum atomic E-state index is -2.45. The second-order valence-corrected chi connectivity index (χ2v) is 3.05. The lowest BCUT2D eigenvalue weighted by Gasteiger charge is -2.11. The van der Waals surface area contributed by atoms with E-state index in [1.165, 1.54) is 6.92 Å². The molecule has 0 aliphatic carbocycles. The molecule has 12 heavy (non-hydrogen) atoms. The summed E-state index contributed by atoms with van der Waals surface area (Å²) in [6.45, 7) is 4.70. The van der Waals surface area contributed by atoms with Crippen molar-refractivity contribution in [1.82, 2.24) is 0 Å². The van der Waals surface area contributed by atoms with Gasteiger partial charge in [0.15, 0.2) is 0 Å². The van der Waals surface area contributed by atoms with E-state index in [9.17, 15) is 13.6 Å². The van der Waals surface area contributed by atoms with Gasteiger partial charge in [0, 0.05) is 5.92 Å². The van der Waals surface area contributed by atoms with Crippen LogP contribution >= 0.6 is 0 Å². The lowest BCUT2D eigenvalue weighted by atomic mass is 10.1. The van der Waals surface area contributed by atoms with Crippen LogP contribution in [0.4, 0.5) is 8.78 Å². The summed E-state index contributed by atoms with van der Waals surface area (Å²) in [6.07, 6.45) is -2.90. The third-order valence-electron chi connectivity index (χ3n) is 1.29. The Morgan fingerprint density at radius 2 is 1.83 bits per heavy atom. The van der Waals surface area contributed by atoms with E-state index in [0.717, 1.165) is 0 Å². The van der Waals surface area contributed by atoms with E-state index in [0.29, 0.717) is 0 Å². The van der Waals surface area contributed by atoms with Crippen LogP contribution in [-0.4, -0.2) is 18.5 Å². The Labute approximate surface area is 70.9 Å². The smallest absolute Gasteiger partial charge is 0.306 e. The molecular weight excluding hydrogens is 166 g/mol. The topological polar surface area (TPSA) is 26.3 Å². The summed E-state index contributed by atoms with van der Waals surface area (Å²) in [5.74, 6) is -1.48. The maximum Gasteiger partial charge on any atom is 0.306 e. The normalized spacial score (nSPS) is 13.6. The zero-order valence-electron chi connectivity index (χ0n) is 7.51. The molecule has 0 aromatic carbocycles. The predicted molar refractivity (Wildman–Crippen MR) is 41.0 cm³/mol. The molecule has 0 bridgehead atoms. The molecule has 0 radical (unpaired) electrons. The molecule has 0 aromatic heterocycles. The largest absolute Gasteiger partial charge is 0.463 e. The summed E-state index contributed by atoms with van der Waals surface area (Å²) in [5, 5.41) is 0. The van der Waals surface area contributed by atoms with Crippen LogP contribution in [-0.2, 0) is 9.53 Å². The molecule has 0 N–H and O–H groups in total. The highest BCUT2D eigenvalue weighted by atomic mass is 19.3. The first-order valence-corrected chi connectivity index (χ1v) is 3.91. The Morgan fingerprint density at radius 3 is 2.17 bits per heavy atom. The molecule has 0 heterocycles. The fourth-order valence-corrected chi connectivity index (χ4v) is 0.663. The molecule has 0 saturated carbocycles. The minimum Gasteiger partial charge on any atom is -0.463 e. The fraction of sp³-hybridized carbons (Fsp3) is 0.875. The van der Waals surface area contributed by atoms with E-state index in [1.807, 2.05) is 0 Å². The van der Waals surface area contributed by atoms with Crippen molar-refractivity contribution >= 4 is 5.97 Å². The van der Waals surface area contributed by atoms with Gasteiger partial charge in [-0.2, -0.15) is 0 Å². The first-order chi connectivity index (χ1) is 5.43. The summed E-state index contributed by atoms with van der Waals surface area (Å²) < 4.78 is 28.5. The first-order valence-electron chi connectivity index (χ1n) is 3.91. The average molecular weight is 180 g/mol. The molecule has 0 aromatic rings. The van der Waals surface area contributed by atoms with Gasteiger partial charge >= 0.3 is 5.97 Å². The Kier molecular flexibility index (Phi) is 4.78. The summed E-state index contributed by atoms with van der Waals surface area (Å²) in [4.78, 5) is 10.8. The van der Waals surface area contributed by atoms with Crippen LogP contribution in [0.5, 0.6) is 0 Å². The van der Waals surface area contributed by atoms with Crippen LogP contribution in [0.25, 0.3) is 0 Å². The van der Waals surface area contributed by atoms with Crippen LogP contribution in [0.3, 0.4) is 0 Å². The molecule has 0 spiro atoms. The average Bonchev–Trinajstić information content (AvgIpc) is 1.84. The highest BCUT2D eigenvalue weighted by Crippen LogP contribution is 2.13. The monoisotopic (exact) mass is 180 g/mol. The highest BCUT2D eigenvalue weighted by molar-refractivity contribution is 5.69. The lowest BCUT2D eigenvalue weighted by molar-refractivity contribution is -0.149. The van der Waals surface area contributed by atoms with Gasteiger partial charge in [-0.15, -0.1) is 0 Å². The SMILES string of the molecule is CC(C)OC(=O)C[C@H](C)C(F)F. The van der Waals surface area contributed by atoms with Gasteiger partial charge in [0.05, 0.1) is 12.5 Å². The van der Waals surface area contributed by atoms with Crippen LogP contribution in [0.2, 0.25) is 0 Å². The highest BCUT2D eigenvalue weighted by Gasteiger charge is 2.19. The van der Waals surface area contributed by atoms with Crippen molar-refractivity contribution in [1.29, 1.82) is 0 Å². The zero-order valence-corrected chi connectivity index (χ0v) is 7.51. The van der Waals surface area contributed by atoms with Gasteiger partial charge in [0.1, 0.15) is 0 Å². The molecule has 0 rings (SSSR count). The molecule has 1 atom stereocenters. The Balaban J connectivity index is 3.69. The molecule has 72 valence electrons. The second kappa shape index (κ2) is 5.06. The number of esters is 1. The summed E-state index contributed by atoms with van der Waals surface area (Å²) in [6, 6.07) is 0. The number of carbonyl (C=O) groups is 1. The predicted octanol–water partition coefficient (Wildman–Crippen LogP) is 2.23. The Morgan fingerprint density at radius 1 is 1.33 bits per heavy atom. The Bertz CT molecular complexity index is 146. The standard InChI is InChI=1S/C8H14F2O2/c1-5(2)12-7(11)4-6(3)8(9)10/h5-6,8H,4H2,1-3H3/t6-/m0/s1. The minimum absolute atomic E-state index is 0.212. The van der Waals surface area contributed by atoms with Gasteiger partial charge in [-0.05, 0) is 13.8 Å². The molecular formula is C8H14F2O2. The third-order valence-corrected chi connectivity index (χ3v) is 1.29. The summed E-state index contributed by atoms with van der Waals surface area (Å²) in [5.41, 5.74) is 0. The van der Waals surface area contributed by atoms with Crippen LogP contribution < -0.4 is 0 Å². The number of halogens is 2. The van der Waals surface area contributed by atoms with E-state index in [-0.39, 0.29) is 12.5 Å². The third kappa shape index (κ3) is 5.04. The van der Waals surface area contributed by atoms with Gasteiger partial charge in [-0.1, -0.05) is 6.92 Å². The molecule has 0 aliphatic rings. The summed E-state index contributed by atoms with van der Waals surface area (Å²) >= 11 is 0. The number of rotatable bonds is 4. The molecule has 0 aliphatic heterocycles. The number of hydrogen-bond donors (Lipinski definition) is 0. The fourth-order valence-electron chi connectivity index (χ4n) is 0.663. The molecule has 0 amide bonds. The zero-order chi connectivity index (χ0) is 9.72. The van der Waals surface area contributed by atoms with Crippen molar-refractivity contribution < 1.29 is 18.3 Å². The van der Waals surface area contributed by atoms with E-state index in [4.69, 9.17) is 4.74 Å². The van der Waals surface area contributed by atoms with E-state index >= 15 is 0 Å². The molecule has 2 nitrogen and oxygen atoms in total. The maximum absolute atomic E-state index is 11.9. The number of alkyl halides is 2. The number of ether oxygens (including phenoxy) is 1. The van der Waals surface area contributed by atoms with Gasteiger partial charge in [0.25, 0.3) is 0 Å².